The van der Waals surface area contributed by atoms with E-state index >= 15 is 0 Å². The number of rotatable bonds is 3. The van der Waals surface area contributed by atoms with Gasteiger partial charge in [-0.25, -0.2) is 0 Å². The minimum Gasteiger partial charge on any atom is -0.364 e. The molecule has 0 aromatic heterocycles. The summed E-state index contributed by atoms with van der Waals surface area (Å²) in [5.41, 5.74) is 3.69. The van der Waals surface area contributed by atoms with Gasteiger partial charge >= 0.3 is 0 Å². The van der Waals surface area contributed by atoms with Crippen LogP contribution >= 0.6 is 11.8 Å². The smallest absolute Gasteiger partial charge is 0.143 e. The van der Waals surface area contributed by atoms with Crippen LogP contribution in [0.3, 0.4) is 0 Å². The van der Waals surface area contributed by atoms with E-state index in [1.54, 1.807) is 0 Å². The van der Waals surface area contributed by atoms with Gasteiger partial charge in [-0.1, -0.05) is 84.6 Å². The van der Waals surface area contributed by atoms with E-state index in [1.165, 1.54) is 21.7 Å². The van der Waals surface area contributed by atoms with E-state index < -0.39 is 0 Å². The molecule has 118 valence electrons. The Morgan fingerprint density at radius 2 is 1.46 bits per heavy atom. The number of anilines is 1. The maximum absolute atomic E-state index is 6.19. The molecule has 0 amide bonds. The minimum atomic E-state index is -0.272. The average Bonchev–Trinajstić information content (AvgIpc) is 3.37. The second-order valence-electron chi connectivity index (χ2n) is 6.21. The maximum atomic E-state index is 6.19. The summed E-state index contributed by atoms with van der Waals surface area (Å²) in [7, 11) is 0. The van der Waals surface area contributed by atoms with Gasteiger partial charge in [0.05, 0.1) is 0 Å². The summed E-state index contributed by atoms with van der Waals surface area (Å²) >= 11 is 1.87. The van der Waals surface area contributed by atoms with Crippen molar-refractivity contribution >= 4 is 17.4 Å². The Balaban J connectivity index is 1.56. The average molecular weight is 331 g/mol. The third kappa shape index (κ3) is 2.16. The third-order valence-electron chi connectivity index (χ3n) is 4.70. The molecule has 0 bridgehead atoms. The van der Waals surface area contributed by atoms with Crippen molar-refractivity contribution in [2.45, 2.75) is 22.0 Å². The highest BCUT2D eigenvalue weighted by atomic mass is 32.2. The van der Waals surface area contributed by atoms with Crippen molar-refractivity contribution in [2.24, 2.45) is 0 Å². The van der Waals surface area contributed by atoms with Crippen molar-refractivity contribution < 1.29 is 4.74 Å². The molecule has 0 unspecified atom stereocenters. The van der Waals surface area contributed by atoms with Crippen LogP contribution in [-0.4, -0.2) is 6.10 Å². The lowest BCUT2D eigenvalue weighted by Crippen LogP contribution is -2.34. The number of ether oxygens (including phenoxy) is 1. The first-order chi connectivity index (χ1) is 11.9. The van der Waals surface area contributed by atoms with Crippen molar-refractivity contribution in [1.29, 1.82) is 0 Å². The monoisotopic (exact) mass is 331 g/mol. The van der Waals surface area contributed by atoms with Crippen molar-refractivity contribution in [3.05, 3.63) is 96.1 Å². The highest BCUT2D eigenvalue weighted by Gasteiger charge is 2.59. The zero-order chi connectivity index (χ0) is 16.0. The predicted octanol–water partition coefficient (Wildman–Crippen LogP) is 5.20. The fourth-order valence-corrected chi connectivity index (χ4v) is 4.92. The van der Waals surface area contributed by atoms with E-state index in [0.717, 1.165) is 0 Å². The van der Waals surface area contributed by atoms with Crippen LogP contribution in [-0.2, 0) is 9.61 Å². The van der Waals surface area contributed by atoms with Gasteiger partial charge in [-0.15, -0.1) is 0 Å². The molecule has 3 aromatic rings. The van der Waals surface area contributed by atoms with Crippen LogP contribution in [0.5, 0.6) is 0 Å². The van der Waals surface area contributed by atoms with E-state index in [-0.39, 0.29) is 17.1 Å². The summed E-state index contributed by atoms with van der Waals surface area (Å²) in [4.78, 5) is 1.01. The van der Waals surface area contributed by atoms with Crippen LogP contribution < -0.4 is 5.32 Å². The molecule has 0 saturated carbocycles. The van der Waals surface area contributed by atoms with Gasteiger partial charge in [0, 0.05) is 10.6 Å². The molecular weight excluding hydrogens is 314 g/mol. The third-order valence-corrected chi connectivity index (χ3v) is 6.17. The van der Waals surface area contributed by atoms with Crippen LogP contribution in [0.1, 0.15) is 17.2 Å². The lowest BCUT2D eigenvalue weighted by Gasteiger charge is -2.28. The summed E-state index contributed by atoms with van der Waals surface area (Å²) in [6.45, 7) is 0. The fraction of sp³-hybridized carbons (Fsp3) is 0.143. The van der Waals surface area contributed by atoms with Gasteiger partial charge in [-0.2, -0.15) is 0 Å². The van der Waals surface area contributed by atoms with Crippen molar-refractivity contribution in [2.75, 3.05) is 5.32 Å². The van der Waals surface area contributed by atoms with E-state index in [2.05, 4.69) is 84.2 Å². The Hall–Kier alpha value is -2.23. The quantitative estimate of drug-likeness (QED) is 0.668. The Labute approximate surface area is 145 Å². The summed E-state index contributed by atoms with van der Waals surface area (Å²) < 4.78 is 6.19. The molecule has 2 aliphatic rings. The summed E-state index contributed by atoms with van der Waals surface area (Å²) in [5, 5.41) is 3.76. The number of epoxide rings is 1. The Morgan fingerprint density at radius 3 is 2.21 bits per heavy atom. The zero-order valence-corrected chi connectivity index (χ0v) is 13.9. The Morgan fingerprint density at radius 1 is 0.792 bits per heavy atom. The summed E-state index contributed by atoms with van der Waals surface area (Å²) in [6, 6.07) is 29.6. The van der Waals surface area contributed by atoms with Crippen LogP contribution in [0, 0.1) is 0 Å². The number of hydrogen-bond donors (Lipinski definition) is 1. The first-order valence-corrected chi connectivity index (χ1v) is 9.01. The molecule has 1 saturated heterocycles. The standard InChI is InChI=1S/C21H17NOS/c1-3-9-15(10-4-1)19-20(23-19)21(16-11-5-2-6-12-16)22-17-13-7-8-14-18(17)24-21/h1-14,19-20,22H/t19-,20-,21-/m1/s1. The van der Waals surface area contributed by atoms with Crippen molar-refractivity contribution in [3.8, 4) is 0 Å². The molecule has 3 atom stereocenters. The van der Waals surface area contributed by atoms with Gasteiger partial charge in [-0.3, -0.25) is 0 Å². The van der Waals surface area contributed by atoms with Gasteiger partial charge in [0.1, 0.15) is 17.1 Å². The summed E-state index contributed by atoms with van der Waals surface area (Å²) in [6.07, 6.45) is 0.250. The second-order valence-corrected chi connectivity index (χ2v) is 7.50. The van der Waals surface area contributed by atoms with Crippen molar-refractivity contribution in [1.82, 2.24) is 0 Å². The molecule has 5 rings (SSSR count). The minimum absolute atomic E-state index is 0.111. The number of hydrogen-bond acceptors (Lipinski definition) is 3. The van der Waals surface area contributed by atoms with Crippen LogP contribution in [0.15, 0.2) is 89.8 Å². The van der Waals surface area contributed by atoms with Crippen LogP contribution in [0.25, 0.3) is 0 Å². The number of para-hydroxylation sites is 1. The van der Waals surface area contributed by atoms with Crippen molar-refractivity contribution in [3.63, 3.8) is 0 Å². The van der Waals surface area contributed by atoms with Gasteiger partial charge < -0.3 is 10.1 Å². The van der Waals surface area contributed by atoms with E-state index in [1.807, 2.05) is 17.8 Å². The molecule has 2 aliphatic heterocycles. The first-order valence-electron chi connectivity index (χ1n) is 8.19. The van der Waals surface area contributed by atoms with E-state index in [4.69, 9.17) is 4.74 Å². The van der Waals surface area contributed by atoms with Gasteiger partial charge in [0.15, 0.2) is 0 Å². The predicted molar refractivity (Wildman–Crippen MR) is 98.1 cm³/mol. The van der Waals surface area contributed by atoms with Gasteiger partial charge in [-0.05, 0) is 23.3 Å². The second kappa shape index (κ2) is 5.40. The molecule has 2 heterocycles. The SMILES string of the molecule is c1ccc([C@H]2O[C@H]2[C@]2(c3ccccc3)Nc3ccccc3S2)cc1. The highest BCUT2D eigenvalue weighted by molar-refractivity contribution is 8.01. The molecule has 2 nitrogen and oxygen atoms in total. The first kappa shape index (κ1) is 14.1. The van der Waals surface area contributed by atoms with Gasteiger partial charge in [0.25, 0.3) is 0 Å². The number of thioether (sulfide) groups is 1. The zero-order valence-electron chi connectivity index (χ0n) is 13.1. The maximum Gasteiger partial charge on any atom is 0.143 e. The molecule has 0 aliphatic carbocycles. The molecule has 1 N–H and O–H groups in total. The number of nitrogens with one attached hydrogen (secondary N) is 1. The highest BCUT2D eigenvalue weighted by Crippen LogP contribution is 2.61. The fourth-order valence-electron chi connectivity index (χ4n) is 3.49. The lowest BCUT2D eigenvalue weighted by atomic mass is 9.98. The lowest BCUT2D eigenvalue weighted by molar-refractivity contribution is 0.348. The Bertz CT molecular complexity index is 840. The molecule has 0 radical (unpaired) electrons. The van der Waals surface area contributed by atoms with Crippen LogP contribution in [0.2, 0.25) is 0 Å². The molecule has 1 fully saturated rings. The largest absolute Gasteiger partial charge is 0.364 e. The van der Waals surface area contributed by atoms with E-state index in [9.17, 15) is 0 Å². The summed E-state index contributed by atoms with van der Waals surface area (Å²) in [5.74, 6) is 0. The van der Waals surface area contributed by atoms with E-state index in [0.29, 0.717) is 0 Å². The Kier molecular flexibility index (Phi) is 3.18. The number of benzene rings is 3. The van der Waals surface area contributed by atoms with Crippen LogP contribution in [0.4, 0.5) is 5.69 Å². The molecule has 24 heavy (non-hydrogen) atoms. The molecule has 0 spiro atoms. The normalized spacial score (nSPS) is 27.3. The van der Waals surface area contributed by atoms with Gasteiger partial charge in [0.2, 0.25) is 0 Å². The molecule has 3 heteroatoms. The number of fused-ring (bicyclic) bond motifs is 1. The molecule has 3 aromatic carbocycles. The topological polar surface area (TPSA) is 24.6 Å². The molecular formula is C21H17NOS.